The van der Waals surface area contributed by atoms with Crippen LogP contribution in [0, 0.1) is 10.1 Å². The maximum absolute atomic E-state index is 13.7. The fourth-order valence-electron chi connectivity index (χ4n) is 8.39. The van der Waals surface area contributed by atoms with E-state index in [0.717, 1.165) is 83.0 Å². The molecule has 0 N–H and O–H groups in total. The highest BCUT2D eigenvalue weighted by atomic mass is 31.2. The number of carbonyl (C=O) groups is 2. The number of phosphoric acid groups is 1. The van der Waals surface area contributed by atoms with Gasteiger partial charge >= 0.3 is 25.4 Å². The Morgan fingerprint density at radius 2 is 1.52 bits per heavy atom. The van der Waals surface area contributed by atoms with Crippen molar-refractivity contribution in [1.82, 2.24) is 15.3 Å². The lowest BCUT2D eigenvalue weighted by Gasteiger charge is -2.25. The quantitative estimate of drug-likeness (QED) is 0.00404. The van der Waals surface area contributed by atoms with E-state index >= 15 is 0 Å². The van der Waals surface area contributed by atoms with Gasteiger partial charge in [0, 0.05) is 67.7 Å². The highest BCUT2D eigenvalue weighted by Gasteiger charge is 2.31. The summed E-state index contributed by atoms with van der Waals surface area (Å²) in [5, 5.41) is 24.3. The molecule has 0 amide bonds. The normalized spacial score (nSPS) is 13.0. The van der Waals surface area contributed by atoms with Crippen LogP contribution in [0.1, 0.15) is 104 Å². The molecule has 1 aromatic heterocycles. The molecular weight excluding hydrogens is 1020 g/mol. The van der Waals surface area contributed by atoms with Crippen LogP contribution in [0.2, 0.25) is 0 Å². The summed E-state index contributed by atoms with van der Waals surface area (Å²) in [7, 11) is 1.55. The third-order valence-corrected chi connectivity index (χ3v) is 14.0. The van der Waals surface area contributed by atoms with Crippen LogP contribution >= 0.6 is 7.82 Å². The van der Waals surface area contributed by atoms with Crippen LogP contribution in [0.3, 0.4) is 0 Å². The zero-order valence-electron chi connectivity index (χ0n) is 45.2. The van der Waals surface area contributed by atoms with Crippen molar-refractivity contribution >= 4 is 69.7 Å². The summed E-state index contributed by atoms with van der Waals surface area (Å²) in [6, 6.07) is 15.5. The number of non-ortho nitro benzene ring substituents is 1. The molecule has 77 heavy (non-hydrogen) atoms. The number of quaternary nitrogens is 1. The first kappa shape index (κ1) is 59.9. The van der Waals surface area contributed by atoms with Crippen LogP contribution in [-0.2, 0) is 41.9 Å². The predicted octanol–water partition coefficient (Wildman–Crippen LogP) is 11.2. The van der Waals surface area contributed by atoms with Gasteiger partial charge in [-0.25, -0.2) is 18.7 Å². The van der Waals surface area contributed by atoms with Crippen LogP contribution in [0.4, 0.5) is 17.1 Å². The van der Waals surface area contributed by atoms with Gasteiger partial charge in [-0.1, -0.05) is 69.0 Å². The average Bonchev–Trinajstić information content (AvgIpc) is 3.89. The molecule has 2 aliphatic rings. The minimum absolute atomic E-state index is 0.0126. The Bertz CT molecular complexity index is 2920. The number of carbonyl (C=O) groups excluding carboxylic acids is 2. The smallest absolute Gasteiger partial charge is 0.478 e. The van der Waals surface area contributed by atoms with E-state index in [-0.39, 0.29) is 49.5 Å². The summed E-state index contributed by atoms with van der Waals surface area (Å²) in [6.07, 6.45) is 10.3. The Morgan fingerprint density at radius 3 is 2.23 bits per heavy atom. The molecule has 2 heterocycles. The molecule has 0 radical (unpaired) electrons. The topological polar surface area (TPSA) is 258 Å². The van der Waals surface area contributed by atoms with Gasteiger partial charge in [-0.2, -0.15) is 0 Å². The van der Waals surface area contributed by atoms with Crippen molar-refractivity contribution in [3.63, 3.8) is 0 Å². The van der Waals surface area contributed by atoms with Gasteiger partial charge in [0.05, 0.1) is 45.9 Å². The van der Waals surface area contributed by atoms with Crippen molar-refractivity contribution in [2.24, 2.45) is 0 Å². The summed E-state index contributed by atoms with van der Waals surface area (Å²) in [5.74, 6) is -0.237. The maximum atomic E-state index is 13.7. The molecule has 22 nitrogen and oxygen atoms in total. The molecule has 3 aromatic carbocycles. The first-order valence-electron chi connectivity index (χ1n) is 26.6. The summed E-state index contributed by atoms with van der Waals surface area (Å²) in [5.41, 5.74) is 3.40. The molecule has 2 unspecified atom stereocenters. The third-order valence-electron chi connectivity index (χ3n) is 12.6. The number of anilines is 1. The Labute approximate surface area is 448 Å². The Hall–Kier alpha value is -6.29. The zero-order chi connectivity index (χ0) is 55.2. The fourth-order valence-corrected chi connectivity index (χ4v) is 9.44. The van der Waals surface area contributed by atoms with E-state index in [1.54, 1.807) is 24.3 Å². The molecule has 420 valence electrons. The van der Waals surface area contributed by atoms with Gasteiger partial charge < -0.3 is 38.1 Å². The predicted molar refractivity (Wildman–Crippen MR) is 291 cm³/mol. The largest absolute Gasteiger partial charge is 0.682 e. The molecule has 1 aliphatic heterocycles. The summed E-state index contributed by atoms with van der Waals surface area (Å²) in [6.45, 7) is 7.75. The molecule has 0 spiro atoms. The van der Waals surface area contributed by atoms with Gasteiger partial charge in [0.15, 0.2) is 16.8 Å². The number of benzene rings is 4. The third kappa shape index (κ3) is 19.0. The number of esters is 2. The van der Waals surface area contributed by atoms with Crippen molar-refractivity contribution in [2.75, 3.05) is 92.0 Å². The molecule has 6 rings (SSSR count). The molecule has 0 saturated carbocycles. The minimum atomic E-state index is -4.27. The molecule has 0 fully saturated rings. The number of likely N-dealkylation sites (N-methyl/N-ethyl adjacent to an activating group) is 1. The van der Waals surface area contributed by atoms with Crippen molar-refractivity contribution in [2.45, 2.75) is 110 Å². The second kappa shape index (κ2) is 30.0. The van der Waals surface area contributed by atoms with E-state index in [4.69, 9.17) is 46.5 Å². The first-order chi connectivity index (χ1) is 37.1. The number of nitro benzene ring substituents is 1. The van der Waals surface area contributed by atoms with Gasteiger partial charge in [-0.05, 0) is 68.6 Å². The van der Waals surface area contributed by atoms with Crippen LogP contribution in [-0.4, -0.2) is 130 Å². The van der Waals surface area contributed by atoms with Crippen LogP contribution in [0.25, 0.3) is 49.7 Å². The molecular formula is C54H74N7O15P. The van der Waals surface area contributed by atoms with Crippen LogP contribution in [0.5, 0.6) is 5.75 Å². The van der Waals surface area contributed by atoms with Crippen LogP contribution < -0.4 is 15.1 Å². The summed E-state index contributed by atoms with van der Waals surface area (Å²) < 4.78 is 64.4. The van der Waals surface area contributed by atoms with Gasteiger partial charge in [-0.3, -0.25) is 33.5 Å². The van der Waals surface area contributed by atoms with Crippen molar-refractivity contribution in [3.05, 3.63) is 80.3 Å². The van der Waals surface area contributed by atoms with E-state index in [2.05, 4.69) is 34.4 Å². The van der Waals surface area contributed by atoms with E-state index in [9.17, 15) is 29.1 Å². The van der Waals surface area contributed by atoms with Gasteiger partial charge in [0.2, 0.25) is 12.3 Å². The number of rotatable bonds is 37. The Morgan fingerprint density at radius 1 is 0.805 bits per heavy atom. The Kier molecular flexibility index (Phi) is 23.4. The lowest BCUT2D eigenvalue weighted by Crippen LogP contribution is -2.37. The van der Waals surface area contributed by atoms with Gasteiger partial charge in [-0.15, -0.1) is 12.2 Å². The summed E-state index contributed by atoms with van der Waals surface area (Å²) >= 11 is 0. The molecule has 0 saturated heterocycles. The molecule has 1 aliphatic carbocycles. The lowest BCUT2D eigenvalue weighted by atomic mass is 10.0. The highest BCUT2D eigenvalue weighted by molar-refractivity contribution is 7.48. The number of ether oxygens (including phenoxy) is 4. The number of nitro groups is 1. The maximum Gasteiger partial charge on any atom is 0.478 e. The average molecular weight is 1090 g/mol. The molecule has 4 aromatic rings. The van der Waals surface area contributed by atoms with E-state index in [0.29, 0.717) is 87.3 Å². The number of hydrogen-bond acceptors (Lipinski definition) is 19. The van der Waals surface area contributed by atoms with E-state index < -0.39 is 37.6 Å². The number of aromatic nitrogens is 3. The highest BCUT2D eigenvalue weighted by Crippen LogP contribution is 2.49. The molecule has 23 heteroatoms. The molecule has 0 bridgehead atoms. The second-order valence-corrected chi connectivity index (χ2v) is 21.3. The van der Waals surface area contributed by atoms with Crippen molar-refractivity contribution in [3.8, 4) is 17.2 Å². The standard InChI is InChI=1S/C54H74N7O15P/c1-7-59(8-2)40-22-25-45-49(33-40)75-50-35-48(63)43-24-23-41(34-44(43)52(50)56-45)69-31-20-17-21-51(64)74-42(37-72-77(67,73-38-70-39(3)62)71-32-29-61(4,5)6)36-68-30-19-16-14-12-10-9-11-13-15-18-28-55-46-26-27-47(60(65)66)54-53(46)57-76-58-54/h22-27,33-35,42H,7-21,28-32,36-38H2,1-6H3. The SMILES string of the molecule is CCN(CC)c1ccc2nc3c4cc(OCCCCC(=O)OC(COCCCCCCCCCCCC[N-]c5ccc([N+](=O)[O-])c6nonc56)COP(=O)(OCC[N+](C)(C)C)OCOC(C)=O)ccc4c(=O)cc-3oc2c1. The minimum Gasteiger partial charge on any atom is -0.682 e. The van der Waals surface area contributed by atoms with E-state index in [1.807, 2.05) is 39.3 Å². The molecule has 2 atom stereocenters. The number of nitrogens with zero attached hydrogens (tertiary/aromatic N) is 7. The lowest BCUT2D eigenvalue weighted by molar-refractivity contribution is -0.870. The second-order valence-electron chi connectivity index (χ2n) is 19.7. The number of hydrogen-bond donors (Lipinski definition) is 0. The monoisotopic (exact) mass is 1090 g/mol. The Balaban J connectivity index is 0.924. The van der Waals surface area contributed by atoms with Crippen molar-refractivity contribution in [1.29, 1.82) is 0 Å². The van der Waals surface area contributed by atoms with Crippen LogP contribution in [0.15, 0.2) is 68.4 Å². The van der Waals surface area contributed by atoms with Gasteiger partial charge in [0.1, 0.15) is 41.7 Å². The summed E-state index contributed by atoms with van der Waals surface area (Å²) in [4.78, 5) is 55.6. The number of fused-ring (bicyclic) bond motifs is 5. The zero-order valence-corrected chi connectivity index (χ0v) is 46.1. The number of phosphoric ester groups is 1. The first-order valence-corrected chi connectivity index (χ1v) is 28.0. The van der Waals surface area contributed by atoms with Gasteiger partial charge in [0.25, 0.3) is 0 Å². The van der Waals surface area contributed by atoms with E-state index in [1.165, 1.54) is 19.1 Å². The van der Waals surface area contributed by atoms with Crippen molar-refractivity contribution < 1.29 is 65.1 Å². The fraction of sp³-hybridized carbons (Fsp3) is 0.556. The number of unbranched alkanes of at least 4 members (excludes halogenated alkanes) is 10.